The van der Waals surface area contributed by atoms with E-state index in [1.54, 1.807) is 25.0 Å². The van der Waals surface area contributed by atoms with Gasteiger partial charge in [0.2, 0.25) is 0 Å². The normalized spacial score (nSPS) is 15.3. The number of methoxy groups -OCH3 is 1. The van der Waals surface area contributed by atoms with E-state index < -0.39 is 0 Å². The molecule has 1 aromatic carbocycles. The number of aromatic nitrogens is 1. The second kappa shape index (κ2) is 5.37. The zero-order chi connectivity index (χ0) is 15.0. The Balaban J connectivity index is 1.62. The van der Waals surface area contributed by atoms with Crippen LogP contribution in [-0.2, 0) is 11.3 Å². The Morgan fingerprint density at radius 3 is 2.95 bits per heavy atom. The number of benzene rings is 1. The number of rotatable bonds is 3. The van der Waals surface area contributed by atoms with Gasteiger partial charge in [-0.1, -0.05) is 0 Å². The summed E-state index contributed by atoms with van der Waals surface area (Å²) in [6.07, 6.45) is 0.148. The van der Waals surface area contributed by atoms with Crippen LogP contribution in [0.3, 0.4) is 0 Å². The number of nitrogens with zero attached hydrogens (tertiary/aromatic N) is 1. The van der Waals surface area contributed by atoms with Crippen LogP contribution in [0.5, 0.6) is 0 Å². The third-order valence-corrected chi connectivity index (χ3v) is 3.85. The van der Waals surface area contributed by atoms with E-state index in [9.17, 15) is 9.18 Å². The highest BCUT2D eigenvalue weighted by Crippen LogP contribution is 2.19. The number of nitrogens with one attached hydrogen (secondary N) is 2. The maximum absolute atomic E-state index is 13.5. The van der Waals surface area contributed by atoms with E-state index in [0.717, 1.165) is 16.6 Å². The Bertz CT molecular complexity index is 638. The fourth-order valence-corrected chi connectivity index (χ4v) is 2.45. The van der Waals surface area contributed by atoms with Crippen LogP contribution >= 0.6 is 0 Å². The average Bonchev–Trinajstić information content (AvgIpc) is 2.77. The maximum Gasteiger partial charge on any atom is 0.317 e. The van der Waals surface area contributed by atoms with Crippen molar-refractivity contribution in [3.05, 3.63) is 35.3 Å². The molecule has 0 radical (unpaired) electrons. The first-order valence-corrected chi connectivity index (χ1v) is 6.90. The van der Waals surface area contributed by atoms with Crippen molar-refractivity contribution < 1.29 is 13.9 Å². The molecule has 1 saturated heterocycles. The highest BCUT2D eigenvalue weighted by Gasteiger charge is 2.30. The first-order valence-electron chi connectivity index (χ1n) is 6.90. The van der Waals surface area contributed by atoms with Crippen molar-refractivity contribution in [2.75, 3.05) is 20.2 Å². The number of urea groups is 1. The van der Waals surface area contributed by atoms with E-state index in [-0.39, 0.29) is 18.0 Å². The predicted octanol–water partition coefficient (Wildman–Crippen LogP) is 2.16. The van der Waals surface area contributed by atoms with Gasteiger partial charge in [-0.3, -0.25) is 0 Å². The molecule has 0 spiro atoms. The predicted molar refractivity (Wildman–Crippen MR) is 77.6 cm³/mol. The summed E-state index contributed by atoms with van der Waals surface area (Å²) in [5, 5.41) is 3.65. The Labute approximate surface area is 122 Å². The molecule has 0 bridgehead atoms. The number of halogens is 1. The van der Waals surface area contributed by atoms with E-state index >= 15 is 0 Å². The maximum atomic E-state index is 13.5. The topological polar surface area (TPSA) is 57.4 Å². The Morgan fingerprint density at radius 2 is 2.24 bits per heavy atom. The van der Waals surface area contributed by atoms with Crippen molar-refractivity contribution in [1.29, 1.82) is 0 Å². The number of carbonyl (C=O) groups excluding carboxylic acids is 1. The van der Waals surface area contributed by atoms with Crippen LogP contribution in [0.1, 0.15) is 11.3 Å². The smallest absolute Gasteiger partial charge is 0.317 e. The van der Waals surface area contributed by atoms with Crippen molar-refractivity contribution in [1.82, 2.24) is 15.2 Å². The number of H-pyrrole nitrogens is 1. The summed E-state index contributed by atoms with van der Waals surface area (Å²) in [4.78, 5) is 16.8. The summed E-state index contributed by atoms with van der Waals surface area (Å²) in [6.45, 7) is 3.37. The van der Waals surface area contributed by atoms with E-state index in [0.29, 0.717) is 25.2 Å². The lowest BCUT2D eigenvalue weighted by atomic mass is 10.2. The highest BCUT2D eigenvalue weighted by atomic mass is 19.1. The lowest BCUT2D eigenvalue weighted by molar-refractivity contribution is -0.00772. The lowest BCUT2D eigenvalue weighted by Gasteiger charge is -2.37. The van der Waals surface area contributed by atoms with Gasteiger partial charge in [-0.25, -0.2) is 9.18 Å². The third kappa shape index (κ3) is 2.71. The number of hydrogen-bond acceptors (Lipinski definition) is 2. The molecule has 2 amide bonds. The number of aryl methyl sites for hydroxylation is 1. The molecule has 21 heavy (non-hydrogen) atoms. The molecule has 2 N–H and O–H groups in total. The number of amides is 2. The summed E-state index contributed by atoms with van der Waals surface area (Å²) >= 11 is 0. The van der Waals surface area contributed by atoms with Gasteiger partial charge in [0.15, 0.2) is 0 Å². The van der Waals surface area contributed by atoms with Crippen molar-refractivity contribution in [3.63, 3.8) is 0 Å². The van der Waals surface area contributed by atoms with Gasteiger partial charge in [-0.2, -0.15) is 0 Å². The fourth-order valence-electron chi connectivity index (χ4n) is 2.45. The van der Waals surface area contributed by atoms with Crippen LogP contribution in [0.4, 0.5) is 9.18 Å². The van der Waals surface area contributed by atoms with Gasteiger partial charge in [-0.05, 0) is 30.7 Å². The molecule has 1 aliphatic rings. The molecular formula is C15H18FN3O2. The quantitative estimate of drug-likeness (QED) is 0.910. The van der Waals surface area contributed by atoms with Gasteiger partial charge < -0.3 is 19.9 Å². The lowest BCUT2D eigenvalue weighted by Crippen LogP contribution is -2.57. The third-order valence-electron chi connectivity index (χ3n) is 3.85. The monoisotopic (exact) mass is 291 g/mol. The minimum absolute atomic E-state index is 0.107. The molecule has 2 aromatic rings. The van der Waals surface area contributed by atoms with Gasteiger partial charge in [-0.15, -0.1) is 0 Å². The van der Waals surface area contributed by atoms with Crippen LogP contribution < -0.4 is 5.32 Å². The van der Waals surface area contributed by atoms with Gasteiger partial charge in [0.25, 0.3) is 0 Å². The first-order chi connectivity index (χ1) is 10.1. The largest absolute Gasteiger partial charge is 0.378 e. The van der Waals surface area contributed by atoms with Crippen molar-refractivity contribution in [2.45, 2.75) is 19.6 Å². The van der Waals surface area contributed by atoms with E-state index in [1.807, 2.05) is 6.07 Å². The molecule has 0 aliphatic carbocycles. The summed E-state index contributed by atoms with van der Waals surface area (Å²) in [6, 6.07) is 5.02. The molecular weight excluding hydrogens is 273 g/mol. The second-order valence-electron chi connectivity index (χ2n) is 5.40. The molecule has 1 aromatic heterocycles. The molecule has 112 valence electrons. The average molecular weight is 291 g/mol. The highest BCUT2D eigenvalue weighted by molar-refractivity contribution is 5.81. The fraction of sp³-hybridized carbons (Fsp3) is 0.400. The molecule has 6 heteroatoms. The number of ether oxygens (including phenoxy) is 1. The number of aromatic amines is 1. The number of likely N-dealkylation sites (tertiary alicyclic amines) is 1. The molecule has 1 fully saturated rings. The standard InChI is InChI=1S/C15H18FN3O2/c1-9-3-14-10(5-13(9)16)4-11(18-14)6-17-15(20)19-7-12(8-19)21-2/h3-5,12,18H,6-8H2,1-2H3,(H,17,20). The van der Waals surface area contributed by atoms with Gasteiger partial charge in [0.1, 0.15) is 5.82 Å². The zero-order valence-electron chi connectivity index (χ0n) is 12.1. The Hall–Kier alpha value is -2.08. The Kier molecular flexibility index (Phi) is 3.55. The van der Waals surface area contributed by atoms with Crippen LogP contribution in [0.15, 0.2) is 18.2 Å². The number of hydrogen-bond donors (Lipinski definition) is 2. The second-order valence-corrected chi connectivity index (χ2v) is 5.40. The van der Waals surface area contributed by atoms with Gasteiger partial charge in [0.05, 0.1) is 25.7 Å². The summed E-state index contributed by atoms with van der Waals surface area (Å²) in [5.41, 5.74) is 2.33. The molecule has 0 saturated carbocycles. The minimum atomic E-state index is -0.219. The van der Waals surface area contributed by atoms with Crippen LogP contribution in [0.2, 0.25) is 0 Å². The first kappa shape index (κ1) is 13.9. The zero-order valence-corrected chi connectivity index (χ0v) is 12.1. The van der Waals surface area contributed by atoms with E-state index in [4.69, 9.17) is 4.74 Å². The van der Waals surface area contributed by atoms with Gasteiger partial charge in [0, 0.05) is 23.7 Å². The van der Waals surface area contributed by atoms with Crippen molar-refractivity contribution in [3.8, 4) is 0 Å². The molecule has 5 nitrogen and oxygen atoms in total. The summed E-state index contributed by atoms with van der Waals surface area (Å²) < 4.78 is 18.6. The summed E-state index contributed by atoms with van der Waals surface area (Å²) in [5.74, 6) is -0.219. The molecule has 2 heterocycles. The molecule has 3 rings (SSSR count). The Morgan fingerprint density at radius 1 is 1.48 bits per heavy atom. The van der Waals surface area contributed by atoms with Crippen molar-refractivity contribution >= 4 is 16.9 Å². The summed E-state index contributed by atoms with van der Waals surface area (Å²) in [7, 11) is 1.64. The van der Waals surface area contributed by atoms with E-state index in [2.05, 4.69) is 10.3 Å². The van der Waals surface area contributed by atoms with Crippen LogP contribution in [-0.4, -0.2) is 42.2 Å². The number of carbonyl (C=O) groups is 1. The molecule has 0 unspecified atom stereocenters. The van der Waals surface area contributed by atoms with Crippen molar-refractivity contribution in [2.24, 2.45) is 0 Å². The SMILES string of the molecule is COC1CN(C(=O)NCc2cc3cc(F)c(C)cc3[nH]2)C1. The van der Waals surface area contributed by atoms with Crippen LogP contribution in [0, 0.1) is 12.7 Å². The molecule has 0 atom stereocenters. The number of fused-ring (bicyclic) bond motifs is 1. The minimum Gasteiger partial charge on any atom is -0.378 e. The molecule has 1 aliphatic heterocycles. The van der Waals surface area contributed by atoms with Gasteiger partial charge >= 0.3 is 6.03 Å². The van der Waals surface area contributed by atoms with E-state index in [1.165, 1.54) is 6.07 Å². The van der Waals surface area contributed by atoms with Crippen LogP contribution in [0.25, 0.3) is 10.9 Å².